The molecule has 2 unspecified atom stereocenters. The summed E-state index contributed by atoms with van der Waals surface area (Å²) in [6.07, 6.45) is 3.01. The number of hydrogen-bond donors (Lipinski definition) is 1. The number of aliphatic imine (C=N–C) groups is 1. The van der Waals surface area contributed by atoms with Gasteiger partial charge < -0.3 is 14.6 Å². The minimum atomic E-state index is -4.31. The lowest BCUT2D eigenvalue weighted by atomic mass is 9.78. The van der Waals surface area contributed by atoms with Crippen LogP contribution < -0.4 is 4.74 Å². The summed E-state index contributed by atoms with van der Waals surface area (Å²) in [6, 6.07) is 8.03. The number of rotatable bonds is 3. The maximum Gasteiger partial charge on any atom is 0.395 e. The van der Waals surface area contributed by atoms with Gasteiger partial charge in [-0.3, -0.25) is 4.99 Å². The molecule has 4 heterocycles. The highest BCUT2D eigenvalue weighted by Gasteiger charge is 2.47. The third kappa shape index (κ3) is 4.48. The Morgan fingerprint density at radius 1 is 1.18 bits per heavy atom. The average Bonchev–Trinajstić information content (AvgIpc) is 3.03. The maximum absolute atomic E-state index is 14.3. The van der Waals surface area contributed by atoms with Crippen molar-refractivity contribution in [2.24, 2.45) is 16.8 Å². The molecule has 0 radical (unpaired) electrons. The minimum Gasteiger partial charge on any atom is -0.491 e. The number of halogens is 3. The molecular formula is C29H30F3N5O. The average molecular weight is 522 g/mol. The largest absolute Gasteiger partial charge is 0.491 e. The second kappa shape index (κ2) is 9.60. The van der Waals surface area contributed by atoms with Gasteiger partial charge in [-0.15, -0.1) is 0 Å². The molecule has 2 aromatic heterocycles. The molecule has 3 aromatic rings. The van der Waals surface area contributed by atoms with Gasteiger partial charge in [-0.2, -0.15) is 13.2 Å². The molecule has 1 aliphatic carbocycles. The lowest BCUT2D eigenvalue weighted by Crippen LogP contribution is -2.38. The molecule has 198 valence electrons. The summed E-state index contributed by atoms with van der Waals surface area (Å²) in [7, 11) is 0. The summed E-state index contributed by atoms with van der Waals surface area (Å²) < 4.78 is 49.1. The molecule has 1 N–H and O–H groups in total. The molecule has 1 fully saturated rings. The van der Waals surface area contributed by atoms with Crippen molar-refractivity contribution in [3.8, 4) is 16.9 Å². The Kier molecular flexibility index (Phi) is 6.24. The molecule has 0 saturated heterocycles. The van der Waals surface area contributed by atoms with Crippen molar-refractivity contribution in [1.82, 2.24) is 19.9 Å². The Balaban J connectivity index is 1.42. The number of nitrogens with zero attached hydrogens (tertiary/aromatic N) is 4. The second-order valence-electron chi connectivity index (χ2n) is 10.2. The summed E-state index contributed by atoms with van der Waals surface area (Å²) in [6.45, 7) is 5.28. The van der Waals surface area contributed by atoms with Crippen LogP contribution >= 0.6 is 0 Å². The first-order valence-corrected chi connectivity index (χ1v) is 13.2. The number of fused-ring (bicyclic) bond motifs is 3. The van der Waals surface area contributed by atoms with Gasteiger partial charge >= 0.3 is 6.18 Å². The minimum absolute atomic E-state index is 0.103. The van der Waals surface area contributed by atoms with Crippen molar-refractivity contribution in [3.63, 3.8) is 0 Å². The number of H-pyrrole nitrogens is 1. The molecule has 2 atom stereocenters. The molecule has 6 rings (SSSR count). The van der Waals surface area contributed by atoms with Crippen molar-refractivity contribution in [3.05, 3.63) is 65.4 Å². The first-order valence-electron chi connectivity index (χ1n) is 13.2. The molecule has 3 aliphatic rings. The van der Waals surface area contributed by atoms with Crippen LogP contribution in [0.1, 0.15) is 44.0 Å². The second-order valence-corrected chi connectivity index (χ2v) is 10.2. The molecular weight excluding hydrogens is 491 g/mol. The fourth-order valence-corrected chi connectivity index (χ4v) is 5.96. The van der Waals surface area contributed by atoms with E-state index in [1.165, 1.54) is 0 Å². The topological polar surface area (TPSA) is 66.4 Å². The van der Waals surface area contributed by atoms with Crippen LogP contribution in [0.25, 0.3) is 22.3 Å². The van der Waals surface area contributed by atoms with Crippen LogP contribution in [0.3, 0.4) is 0 Å². The number of alkyl halides is 3. The fraction of sp³-hybridized carbons (Fsp3) is 0.414. The van der Waals surface area contributed by atoms with Crippen molar-refractivity contribution in [2.75, 3.05) is 13.2 Å². The Labute approximate surface area is 219 Å². The van der Waals surface area contributed by atoms with Crippen molar-refractivity contribution < 1.29 is 17.9 Å². The normalized spacial score (nSPS) is 21.9. The Hall–Kier alpha value is -3.62. The SMILES string of the molecule is CCC1C=CN=C2CCCC(C(F)(F)F)C2=C1N1CCOc2ccc(-c3cnc4nc(C)[nH]c4c3)cc2C1. The Bertz CT molecular complexity index is 1470. The predicted molar refractivity (Wildman–Crippen MR) is 141 cm³/mol. The first kappa shape index (κ1) is 24.7. The smallest absolute Gasteiger partial charge is 0.395 e. The van der Waals surface area contributed by atoms with Crippen LogP contribution in [-0.2, 0) is 6.54 Å². The van der Waals surface area contributed by atoms with Crippen LogP contribution in [0.15, 0.2) is 59.0 Å². The van der Waals surface area contributed by atoms with E-state index in [1.807, 2.05) is 38.1 Å². The van der Waals surface area contributed by atoms with Gasteiger partial charge in [0.25, 0.3) is 0 Å². The fourth-order valence-electron chi connectivity index (χ4n) is 5.96. The number of pyridine rings is 1. The van der Waals surface area contributed by atoms with E-state index >= 15 is 0 Å². The molecule has 0 amide bonds. The highest BCUT2D eigenvalue weighted by Crippen LogP contribution is 2.45. The Morgan fingerprint density at radius 3 is 2.87 bits per heavy atom. The Morgan fingerprint density at radius 2 is 2.05 bits per heavy atom. The highest BCUT2D eigenvalue weighted by atomic mass is 19.4. The molecule has 0 spiro atoms. The van der Waals surface area contributed by atoms with Crippen LogP contribution in [-0.4, -0.2) is 44.9 Å². The van der Waals surface area contributed by atoms with Crippen molar-refractivity contribution in [1.29, 1.82) is 0 Å². The highest BCUT2D eigenvalue weighted by molar-refractivity contribution is 6.02. The number of aromatic amines is 1. The molecule has 6 nitrogen and oxygen atoms in total. The van der Waals surface area contributed by atoms with E-state index in [0.717, 1.165) is 39.5 Å². The summed E-state index contributed by atoms with van der Waals surface area (Å²) in [5, 5.41) is 0. The van der Waals surface area contributed by atoms with Gasteiger partial charge in [0, 0.05) is 53.0 Å². The van der Waals surface area contributed by atoms with Gasteiger partial charge in [0.15, 0.2) is 5.65 Å². The van der Waals surface area contributed by atoms with E-state index in [2.05, 4.69) is 30.9 Å². The van der Waals surface area contributed by atoms with Gasteiger partial charge in [0.1, 0.15) is 18.2 Å². The van der Waals surface area contributed by atoms with Gasteiger partial charge in [0.2, 0.25) is 0 Å². The number of imidazole rings is 1. The number of aromatic nitrogens is 3. The van der Waals surface area contributed by atoms with Crippen LogP contribution in [0.4, 0.5) is 13.2 Å². The van der Waals surface area contributed by atoms with E-state index in [0.29, 0.717) is 55.9 Å². The summed E-state index contributed by atoms with van der Waals surface area (Å²) in [5.74, 6) is -0.0787. The summed E-state index contributed by atoms with van der Waals surface area (Å²) in [5.41, 5.74) is 6.07. The number of nitrogens with one attached hydrogen (secondary N) is 1. The molecule has 2 aliphatic heterocycles. The van der Waals surface area contributed by atoms with Crippen molar-refractivity contribution >= 4 is 16.9 Å². The third-order valence-electron chi connectivity index (χ3n) is 7.75. The molecule has 0 bridgehead atoms. The molecule has 38 heavy (non-hydrogen) atoms. The third-order valence-corrected chi connectivity index (χ3v) is 7.75. The summed E-state index contributed by atoms with van der Waals surface area (Å²) >= 11 is 0. The first-order chi connectivity index (χ1) is 18.3. The van der Waals surface area contributed by atoms with Gasteiger partial charge in [0.05, 0.1) is 18.0 Å². The van der Waals surface area contributed by atoms with Crippen LogP contribution in [0.5, 0.6) is 5.75 Å². The monoisotopic (exact) mass is 521 g/mol. The zero-order valence-electron chi connectivity index (χ0n) is 21.5. The number of benzene rings is 1. The number of ether oxygens (including phenoxy) is 1. The van der Waals surface area contributed by atoms with E-state index in [4.69, 9.17) is 4.74 Å². The molecule has 9 heteroatoms. The standard InChI is InChI=1S/C29H30F3N5O/c1-3-18-9-10-33-23-6-4-5-22(29(30,31)32)26(23)27(18)37-11-12-38-25-8-7-19(13-21(25)16-37)20-14-24-28(34-15-20)36-17(2)35-24/h7-10,13-15,18,22H,3-6,11-12,16H2,1-2H3,(H,34,35,36). The van der Waals surface area contributed by atoms with E-state index < -0.39 is 12.1 Å². The van der Waals surface area contributed by atoms with Crippen molar-refractivity contribution in [2.45, 2.75) is 52.3 Å². The number of allylic oxidation sites excluding steroid dienone is 2. The maximum atomic E-state index is 14.3. The predicted octanol–water partition coefficient (Wildman–Crippen LogP) is 6.74. The summed E-state index contributed by atoms with van der Waals surface area (Å²) in [4.78, 5) is 18.7. The lowest BCUT2D eigenvalue weighted by molar-refractivity contribution is -0.165. The van der Waals surface area contributed by atoms with E-state index in [-0.39, 0.29) is 12.3 Å². The lowest BCUT2D eigenvalue weighted by Gasteiger charge is -2.37. The molecule has 1 saturated carbocycles. The quantitative estimate of drug-likeness (QED) is 0.415. The van der Waals surface area contributed by atoms with E-state index in [1.54, 1.807) is 12.4 Å². The van der Waals surface area contributed by atoms with Gasteiger partial charge in [-0.25, -0.2) is 9.97 Å². The van der Waals surface area contributed by atoms with E-state index in [9.17, 15) is 13.2 Å². The number of hydrogen-bond acceptors (Lipinski definition) is 5. The number of aryl methyl sites for hydroxylation is 1. The zero-order valence-corrected chi connectivity index (χ0v) is 21.5. The van der Waals surface area contributed by atoms with Gasteiger partial charge in [-0.05, 0) is 56.4 Å². The van der Waals surface area contributed by atoms with Gasteiger partial charge in [-0.1, -0.05) is 19.1 Å². The zero-order chi connectivity index (χ0) is 26.4. The van der Waals surface area contributed by atoms with Crippen LogP contribution in [0.2, 0.25) is 0 Å². The molecule has 1 aromatic carbocycles. The van der Waals surface area contributed by atoms with Crippen LogP contribution in [0, 0.1) is 18.8 Å².